The summed E-state index contributed by atoms with van der Waals surface area (Å²) in [5, 5.41) is 4.18. The number of carbonyl (C=O) groups is 1. The van der Waals surface area contributed by atoms with Crippen molar-refractivity contribution in [1.82, 2.24) is 10.3 Å². The standard InChI is InChI=1S/C18H19F6N5OS.C6H15N.C2H6/c1-2-3-12(13-8-31-16(28-13)29-15(25)26)14(30)27-7-9-4-10(17(19,20)21)6-11(5-9)18(22,23)24;1-2-3-4-5-6-7;1-2/h4-6,8,12H,2-3,7H2,1H3,(H,27,30)(H4,25,26,28,29);2-7H2,1H3;1-2H3. The molecule has 40 heavy (non-hydrogen) atoms. The number of halogens is 6. The molecule has 0 fully saturated rings. The van der Waals surface area contributed by atoms with Crippen molar-refractivity contribution in [2.75, 3.05) is 6.54 Å². The number of aliphatic imine (C=N–C) groups is 1. The van der Waals surface area contributed by atoms with Crippen LogP contribution in [-0.2, 0) is 23.7 Å². The molecule has 2 aromatic rings. The summed E-state index contributed by atoms with van der Waals surface area (Å²) in [5.74, 6) is -1.58. The molecule has 7 nitrogen and oxygen atoms in total. The third-order valence-corrected chi connectivity index (χ3v) is 5.91. The van der Waals surface area contributed by atoms with E-state index in [1.54, 1.807) is 5.38 Å². The number of unbranched alkanes of at least 4 members (excludes halogenated alkanes) is 3. The van der Waals surface area contributed by atoms with Crippen LogP contribution in [0.25, 0.3) is 0 Å². The van der Waals surface area contributed by atoms with Gasteiger partial charge >= 0.3 is 12.4 Å². The number of rotatable bonds is 11. The number of nitrogens with two attached hydrogens (primary N) is 3. The molecule has 0 radical (unpaired) electrons. The fourth-order valence-corrected chi connectivity index (χ4v) is 4.06. The van der Waals surface area contributed by atoms with Gasteiger partial charge in [0.1, 0.15) is 0 Å². The Labute approximate surface area is 235 Å². The van der Waals surface area contributed by atoms with E-state index in [0.29, 0.717) is 30.7 Å². The summed E-state index contributed by atoms with van der Waals surface area (Å²) < 4.78 is 77.9. The Morgan fingerprint density at radius 2 is 1.55 bits per heavy atom. The lowest BCUT2D eigenvalue weighted by molar-refractivity contribution is -0.143. The van der Waals surface area contributed by atoms with E-state index >= 15 is 0 Å². The zero-order valence-corrected chi connectivity index (χ0v) is 24.1. The molecule has 1 heterocycles. The molecule has 1 aromatic heterocycles. The highest BCUT2D eigenvalue weighted by molar-refractivity contribution is 7.13. The molecular weight excluding hydrogens is 558 g/mol. The molecule has 0 aliphatic rings. The van der Waals surface area contributed by atoms with Gasteiger partial charge in [0, 0.05) is 11.9 Å². The number of aromatic nitrogens is 1. The molecule has 7 N–H and O–H groups in total. The van der Waals surface area contributed by atoms with Gasteiger partial charge in [-0.1, -0.05) is 53.4 Å². The first kappa shape index (κ1) is 37.1. The first-order chi connectivity index (χ1) is 18.7. The number of benzene rings is 1. The van der Waals surface area contributed by atoms with E-state index in [4.69, 9.17) is 17.2 Å². The zero-order chi connectivity index (χ0) is 30.9. The third-order valence-electron chi connectivity index (χ3n) is 5.16. The Balaban J connectivity index is 0.00000147. The van der Waals surface area contributed by atoms with Crippen LogP contribution in [-0.4, -0.2) is 23.4 Å². The highest BCUT2D eigenvalue weighted by atomic mass is 32.1. The van der Waals surface area contributed by atoms with Gasteiger partial charge in [0.15, 0.2) is 5.96 Å². The monoisotopic (exact) mass is 598 g/mol. The summed E-state index contributed by atoms with van der Waals surface area (Å²) in [4.78, 5) is 20.6. The summed E-state index contributed by atoms with van der Waals surface area (Å²) in [6.45, 7) is 8.36. The number of amides is 1. The van der Waals surface area contributed by atoms with Gasteiger partial charge < -0.3 is 22.5 Å². The molecule has 0 spiro atoms. The second-order valence-electron chi connectivity index (χ2n) is 8.41. The van der Waals surface area contributed by atoms with E-state index < -0.39 is 41.8 Å². The zero-order valence-electron chi connectivity index (χ0n) is 23.3. The summed E-state index contributed by atoms with van der Waals surface area (Å²) in [6.07, 6.45) is -3.83. The van der Waals surface area contributed by atoms with Crippen LogP contribution in [0.1, 0.15) is 94.5 Å². The Hall–Kier alpha value is -2.87. The lowest BCUT2D eigenvalue weighted by atomic mass is 9.99. The number of carbonyl (C=O) groups excluding carboxylic acids is 1. The second-order valence-corrected chi connectivity index (χ2v) is 9.25. The predicted molar refractivity (Wildman–Crippen MR) is 148 cm³/mol. The maximum absolute atomic E-state index is 13.0. The van der Waals surface area contributed by atoms with Crippen molar-refractivity contribution in [3.05, 3.63) is 46.0 Å². The molecule has 1 unspecified atom stereocenters. The molecule has 1 atom stereocenters. The number of thiazole rings is 1. The minimum Gasteiger partial charge on any atom is -0.370 e. The largest absolute Gasteiger partial charge is 0.416 e. The van der Waals surface area contributed by atoms with E-state index in [0.717, 1.165) is 17.9 Å². The molecule has 1 amide bonds. The van der Waals surface area contributed by atoms with Crippen LogP contribution < -0.4 is 22.5 Å². The molecule has 1 aromatic carbocycles. The number of hydrogen-bond donors (Lipinski definition) is 4. The van der Waals surface area contributed by atoms with E-state index in [1.165, 1.54) is 25.7 Å². The quantitative estimate of drug-likeness (QED) is 0.0973. The molecule has 2 rings (SSSR count). The van der Waals surface area contributed by atoms with Gasteiger partial charge in [-0.05, 0) is 43.1 Å². The van der Waals surface area contributed by atoms with Crippen molar-refractivity contribution >= 4 is 28.3 Å². The van der Waals surface area contributed by atoms with Gasteiger partial charge in [-0.25, -0.2) is 4.98 Å². The van der Waals surface area contributed by atoms with Gasteiger partial charge in [-0.2, -0.15) is 31.3 Å². The third kappa shape index (κ3) is 14.0. The van der Waals surface area contributed by atoms with Crippen molar-refractivity contribution in [2.45, 2.75) is 91.0 Å². The molecule has 228 valence electrons. The smallest absolute Gasteiger partial charge is 0.370 e. The average Bonchev–Trinajstić information content (AvgIpc) is 3.34. The van der Waals surface area contributed by atoms with Crippen LogP contribution in [0.15, 0.2) is 28.6 Å². The van der Waals surface area contributed by atoms with E-state index in [-0.39, 0.29) is 22.7 Å². The van der Waals surface area contributed by atoms with Crippen molar-refractivity contribution in [3.63, 3.8) is 0 Å². The topological polar surface area (TPSA) is 132 Å². The minimum atomic E-state index is -4.97. The number of guanidine groups is 1. The second kappa shape index (κ2) is 18.5. The number of alkyl halides is 6. The maximum atomic E-state index is 13.0. The van der Waals surface area contributed by atoms with Crippen molar-refractivity contribution in [1.29, 1.82) is 0 Å². The Bertz CT molecular complexity index is 999. The summed E-state index contributed by atoms with van der Waals surface area (Å²) in [5.41, 5.74) is 13.0. The Morgan fingerprint density at radius 3 is 2.00 bits per heavy atom. The SMILES string of the molecule is CC.CCCC(C(=O)NCc1cc(C(F)(F)F)cc(C(F)(F)F)c1)c1csc(N=C(N)N)n1.CCCCCCN. The summed E-state index contributed by atoms with van der Waals surface area (Å²) >= 11 is 1.08. The number of hydrogen-bond acceptors (Lipinski definition) is 5. The van der Waals surface area contributed by atoms with Crippen LogP contribution >= 0.6 is 11.3 Å². The van der Waals surface area contributed by atoms with Gasteiger partial charge in [-0.3, -0.25) is 4.79 Å². The van der Waals surface area contributed by atoms with E-state index in [2.05, 4.69) is 22.2 Å². The number of nitrogens with one attached hydrogen (secondary N) is 1. The van der Waals surface area contributed by atoms with Gasteiger partial charge in [0.25, 0.3) is 0 Å². The van der Waals surface area contributed by atoms with Gasteiger partial charge in [0.05, 0.1) is 22.7 Å². The Morgan fingerprint density at radius 1 is 0.975 bits per heavy atom. The maximum Gasteiger partial charge on any atom is 0.416 e. The van der Waals surface area contributed by atoms with Crippen LogP contribution in [0.4, 0.5) is 31.5 Å². The van der Waals surface area contributed by atoms with E-state index in [1.807, 2.05) is 20.8 Å². The van der Waals surface area contributed by atoms with Crippen LogP contribution in [0, 0.1) is 0 Å². The first-order valence-electron chi connectivity index (χ1n) is 13.0. The van der Waals surface area contributed by atoms with Gasteiger partial charge in [0.2, 0.25) is 11.0 Å². The van der Waals surface area contributed by atoms with Crippen molar-refractivity contribution in [3.8, 4) is 0 Å². The normalized spacial score (nSPS) is 11.9. The van der Waals surface area contributed by atoms with Crippen molar-refractivity contribution < 1.29 is 31.1 Å². The Kier molecular flexibility index (Phi) is 17.1. The minimum absolute atomic E-state index is 0.0334. The van der Waals surface area contributed by atoms with Crippen LogP contribution in [0.3, 0.4) is 0 Å². The molecule has 0 aliphatic carbocycles. The summed E-state index contributed by atoms with van der Waals surface area (Å²) in [6, 6.07) is 1.18. The molecule has 14 heteroatoms. The molecular formula is C26H40F6N6OS. The van der Waals surface area contributed by atoms with Crippen molar-refractivity contribution in [2.24, 2.45) is 22.2 Å². The first-order valence-corrected chi connectivity index (χ1v) is 13.9. The molecule has 0 saturated carbocycles. The summed E-state index contributed by atoms with van der Waals surface area (Å²) in [7, 11) is 0. The highest BCUT2D eigenvalue weighted by Gasteiger charge is 2.37. The fraction of sp³-hybridized carbons (Fsp3) is 0.577. The average molecular weight is 599 g/mol. The molecule has 0 aliphatic heterocycles. The van der Waals surface area contributed by atoms with Crippen LogP contribution in [0.2, 0.25) is 0 Å². The highest BCUT2D eigenvalue weighted by Crippen LogP contribution is 2.36. The number of nitrogens with zero attached hydrogens (tertiary/aromatic N) is 2. The predicted octanol–water partition coefficient (Wildman–Crippen LogP) is 6.84. The lowest BCUT2D eigenvalue weighted by Gasteiger charge is -2.17. The van der Waals surface area contributed by atoms with E-state index in [9.17, 15) is 31.1 Å². The lowest BCUT2D eigenvalue weighted by Crippen LogP contribution is -2.29. The molecule has 0 bridgehead atoms. The van der Waals surface area contributed by atoms with Crippen LogP contribution in [0.5, 0.6) is 0 Å². The fourth-order valence-electron chi connectivity index (χ4n) is 3.30. The molecule has 0 saturated heterocycles. The van der Waals surface area contributed by atoms with Gasteiger partial charge in [-0.15, -0.1) is 11.3 Å².